The van der Waals surface area contributed by atoms with Crippen molar-refractivity contribution in [1.82, 2.24) is 15.1 Å². The first kappa shape index (κ1) is 19.4. The van der Waals surface area contributed by atoms with Gasteiger partial charge in [0.25, 0.3) is 5.91 Å². The first-order valence-electron chi connectivity index (χ1n) is 10.4. The van der Waals surface area contributed by atoms with Crippen LogP contribution >= 0.6 is 0 Å². The Balaban J connectivity index is 1.40. The van der Waals surface area contributed by atoms with E-state index in [1.54, 1.807) is 0 Å². The zero-order valence-corrected chi connectivity index (χ0v) is 17.0. The SMILES string of the molecule is CCCc1nnc([C@H]2CC[C@@H](N(C)C(=O)c3ccc(-c4ccccc4)cc3)C2)o1. The van der Waals surface area contributed by atoms with E-state index in [9.17, 15) is 4.79 Å². The van der Waals surface area contributed by atoms with Gasteiger partial charge in [-0.1, -0.05) is 49.4 Å². The highest BCUT2D eigenvalue weighted by Gasteiger charge is 2.33. The topological polar surface area (TPSA) is 59.2 Å². The molecule has 0 spiro atoms. The second-order valence-electron chi connectivity index (χ2n) is 7.81. The standard InChI is InChI=1S/C24H27N3O2/c1-3-7-22-25-26-23(29-22)20-14-15-21(16-20)27(2)24(28)19-12-10-18(11-13-19)17-8-5-4-6-9-17/h4-6,8-13,20-21H,3,7,14-16H2,1-2H3/t20-,21+/m0/s1. The minimum Gasteiger partial charge on any atom is -0.425 e. The predicted molar refractivity (Wildman–Crippen MR) is 113 cm³/mol. The fourth-order valence-electron chi connectivity index (χ4n) is 4.09. The van der Waals surface area contributed by atoms with Gasteiger partial charge in [-0.25, -0.2) is 0 Å². The molecule has 2 aromatic carbocycles. The molecule has 1 saturated carbocycles. The van der Waals surface area contributed by atoms with Crippen molar-refractivity contribution >= 4 is 5.91 Å². The molecule has 0 bridgehead atoms. The molecule has 0 saturated heterocycles. The van der Waals surface area contributed by atoms with Crippen LogP contribution in [0, 0.1) is 0 Å². The molecule has 150 valence electrons. The smallest absolute Gasteiger partial charge is 0.253 e. The zero-order chi connectivity index (χ0) is 20.2. The van der Waals surface area contributed by atoms with Gasteiger partial charge < -0.3 is 9.32 Å². The number of hydrogen-bond donors (Lipinski definition) is 0. The number of hydrogen-bond acceptors (Lipinski definition) is 4. The van der Waals surface area contributed by atoms with Gasteiger partial charge >= 0.3 is 0 Å². The van der Waals surface area contributed by atoms with E-state index in [4.69, 9.17) is 4.42 Å². The quantitative estimate of drug-likeness (QED) is 0.589. The summed E-state index contributed by atoms with van der Waals surface area (Å²) in [5.41, 5.74) is 2.99. The Morgan fingerprint density at radius 1 is 1.03 bits per heavy atom. The van der Waals surface area contributed by atoms with Crippen molar-refractivity contribution in [2.75, 3.05) is 7.05 Å². The Morgan fingerprint density at radius 3 is 2.48 bits per heavy atom. The molecule has 1 aromatic heterocycles. The minimum absolute atomic E-state index is 0.0625. The lowest BCUT2D eigenvalue weighted by Gasteiger charge is -2.24. The fraction of sp³-hybridized carbons (Fsp3) is 0.375. The largest absolute Gasteiger partial charge is 0.425 e. The normalized spacial score (nSPS) is 18.7. The van der Waals surface area contributed by atoms with E-state index >= 15 is 0 Å². The van der Waals surface area contributed by atoms with E-state index in [1.165, 1.54) is 0 Å². The molecular formula is C24H27N3O2. The Kier molecular flexibility index (Phi) is 5.74. The molecule has 5 heteroatoms. The summed E-state index contributed by atoms with van der Waals surface area (Å²) in [4.78, 5) is 14.9. The van der Waals surface area contributed by atoms with Crippen LogP contribution in [0.5, 0.6) is 0 Å². The van der Waals surface area contributed by atoms with Gasteiger partial charge in [-0.3, -0.25) is 4.79 Å². The predicted octanol–water partition coefficient (Wildman–Crippen LogP) is 5.10. The van der Waals surface area contributed by atoms with Gasteiger partial charge in [-0.2, -0.15) is 0 Å². The summed E-state index contributed by atoms with van der Waals surface area (Å²) in [6, 6.07) is 18.3. The number of amides is 1. The van der Waals surface area contributed by atoms with E-state index < -0.39 is 0 Å². The summed E-state index contributed by atoms with van der Waals surface area (Å²) in [5, 5.41) is 8.37. The summed E-state index contributed by atoms with van der Waals surface area (Å²) in [6.07, 6.45) is 4.62. The number of benzene rings is 2. The molecule has 0 unspecified atom stereocenters. The maximum atomic E-state index is 13.0. The van der Waals surface area contributed by atoms with Crippen molar-refractivity contribution in [3.05, 3.63) is 71.9 Å². The van der Waals surface area contributed by atoms with Crippen LogP contribution in [-0.2, 0) is 6.42 Å². The van der Waals surface area contributed by atoms with Gasteiger partial charge in [0.15, 0.2) is 0 Å². The summed E-state index contributed by atoms with van der Waals surface area (Å²) in [7, 11) is 1.90. The molecule has 0 N–H and O–H groups in total. The van der Waals surface area contributed by atoms with Gasteiger partial charge in [0.2, 0.25) is 11.8 Å². The van der Waals surface area contributed by atoms with Gasteiger partial charge in [0.05, 0.1) is 0 Å². The minimum atomic E-state index is 0.0625. The lowest BCUT2D eigenvalue weighted by atomic mass is 10.0. The highest BCUT2D eigenvalue weighted by atomic mass is 16.4. The Hall–Kier alpha value is -2.95. The first-order valence-corrected chi connectivity index (χ1v) is 10.4. The van der Waals surface area contributed by atoms with Crippen LogP contribution in [0.25, 0.3) is 11.1 Å². The number of aromatic nitrogens is 2. The van der Waals surface area contributed by atoms with Crippen molar-refractivity contribution in [2.24, 2.45) is 0 Å². The second-order valence-corrected chi connectivity index (χ2v) is 7.81. The summed E-state index contributed by atoms with van der Waals surface area (Å²) < 4.78 is 5.81. The monoisotopic (exact) mass is 389 g/mol. The van der Waals surface area contributed by atoms with Crippen molar-refractivity contribution < 1.29 is 9.21 Å². The van der Waals surface area contributed by atoms with Gasteiger partial charge in [0.1, 0.15) is 0 Å². The molecule has 5 nitrogen and oxygen atoms in total. The molecule has 1 fully saturated rings. The van der Waals surface area contributed by atoms with Gasteiger partial charge in [-0.05, 0) is 48.9 Å². The van der Waals surface area contributed by atoms with E-state index in [-0.39, 0.29) is 17.9 Å². The van der Waals surface area contributed by atoms with Crippen molar-refractivity contribution in [1.29, 1.82) is 0 Å². The summed E-state index contributed by atoms with van der Waals surface area (Å²) >= 11 is 0. The van der Waals surface area contributed by atoms with Crippen LogP contribution in [0.4, 0.5) is 0 Å². The van der Waals surface area contributed by atoms with Gasteiger partial charge in [-0.15, -0.1) is 10.2 Å². The molecule has 29 heavy (non-hydrogen) atoms. The molecule has 1 aliphatic rings. The first-order chi connectivity index (χ1) is 14.2. The summed E-state index contributed by atoms with van der Waals surface area (Å²) in [5.74, 6) is 1.75. The highest BCUT2D eigenvalue weighted by molar-refractivity contribution is 5.94. The number of aryl methyl sites for hydroxylation is 1. The van der Waals surface area contributed by atoms with Crippen LogP contribution in [0.1, 0.15) is 60.7 Å². The number of nitrogens with zero attached hydrogens (tertiary/aromatic N) is 3. The van der Waals surface area contributed by atoms with Crippen molar-refractivity contribution in [3.63, 3.8) is 0 Å². The Morgan fingerprint density at radius 2 is 1.76 bits per heavy atom. The maximum Gasteiger partial charge on any atom is 0.253 e. The number of carbonyl (C=O) groups excluding carboxylic acids is 1. The molecule has 1 aliphatic carbocycles. The number of carbonyl (C=O) groups is 1. The fourth-order valence-corrected chi connectivity index (χ4v) is 4.09. The lowest BCUT2D eigenvalue weighted by molar-refractivity contribution is 0.0733. The van der Waals surface area contributed by atoms with E-state index in [1.807, 2.05) is 54.4 Å². The van der Waals surface area contributed by atoms with Crippen molar-refractivity contribution in [3.8, 4) is 11.1 Å². The molecule has 0 radical (unpaired) electrons. The third-order valence-electron chi connectivity index (χ3n) is 5.81. The van der Waals surface area contributed by atoms with E-state index in [0.717, 1.165) is 54.7 Å². The zero-order valence-electron chi connectivity index (χ0n) is 17.0. The molecule has 1 amide bonds. The van der Waals surface area contributed by atoms with Crippen LogP contribution in [-0.4, -0.2) is 34.1 Å². The third-order valence-corrected chi connectivity index (χ3v) is 5.81. The molecule has 0 aliphatic heterocycles. The average Bonchev–Trinajstić information content (AvgIpc) is 3.43. The Bertz CT molecular complexity index is 950. The molecule has 1 heterocycles. The van der Waals surface area contributed by atoms with Crippen LogP contribution < -0.4 is 0 Å². The summed E-state index contributed by atoms with van der Waals surface area (Å²) in [6.45, 7) is 2.10. The molecule has 3 aromatic rings. The highest BCUT2D eigenvalue weighted by Crippen LogP contribution is 2.36. The molecule has 4 rings (SSSR count). The third kappa shape index (κ3) is 4.24. The van der Waals surface area contributed by atoms with Gasteiger partial charge in [0, 0.05) is 31.0 Å². The second kappa shape index (κ2) is 8.60. The van der Waals surface area contributed by atoms with E-state index in [0.29, 0.717) is 5.89 Å². The van der Waals surface area contributed by atoms with Crippen molar-refractivity contribution in [2.45, 2.75) is 51.0 Å². The Labute approximate surface area is 171 Å². The van der Waals surface area contributed by atoms with Crippen LogP contribution in [0.2, 0.25) is 0 Å². The number of rotatable bonds is 6. The molecule has 2 atom stereocenters. The van der Waals surface area contributed by atoms with Crippen LogP contribution in [0.3, 0.4) is 0 Å². The van der Waals surface area contributed by atoms with E-state index in [2.05, 4.69) is 29.3 Å². The lowest BCUT2D eigenvalue weighted by Crippen LogP contribution is -2.35. The average molecular weight is 389 g/mol. The maximum absolute atomic E-state index is 13.0. The molecular weight excluding hydrogens is 362 g/mol. The van der Waals surface area contributed by atoms with Crippen LogP contribution in [0.15, 0.2) is 59.0 Å².